The van der Waals surface area contributed by atoms with Gasteiger partial charge in [-0.15, -0.1) is 13.2 Å². The minimum atomic E-state index is -5.08. The number of amides is 1. The van der Waals surface area contributed by atoms with E-state index in [-0.39, 0.29) is 47.2 Å². The van der Waals surface area contributed by atoms with Gasteiger partial charge in [0.15, 0.2) is 0 Å². The zero-order valence-corrected chi connectivity index (χ0v) is 25.8. The van der Waals surface area contributed by atoms with Crippen LogP contribution in [0.5, 0.6) is 11.5 Å². The summed E-state index contributed by atoms with van der Waals surface area (Å²) in [6, 6.07) is 5.96. The summed E-state index contributed by atoms with van der Waals surface area (Å²) in [5.41, 5.74) is 0.0649. The number of hydrogen-bond acceptors (Lipinski definition) is 7. The van der Waals surface area contributed by atoms with E-state index in [1.165, 1.54) is 6.07 Å². The second kappa shape index (κ2) is 15.2. The van der Waals surface area contributed by atoms with Crippen molar-refractivity contribution in [3.05, 3.63) is 57.3 Å². The molecule has 0 saturated carbocycles. The third-order valence-electron chi connectivity index (χ3n) is 6.64. The Hall–Kier alpha value is -3.06. The molecule has 0 aliphatic carbocycles. The molecule has 0 spiro atoms. The maximum Gasteiger partial charge on any atom is 0.573 e. The molecule has 0 radical (unpaired) electrons. The van der Waals surface area contributed by atoms with Crippen LogP contribution in [-0.2, 0) is 21.5 Å². The second-order valence-corrected chi connectivity index (χ2v) is 12.6. The Kier molecular flexibility index (Phi) is 12.4. The number of hydrogen-bond donors (Lipinski definition) is 2. The van der Waals surface area contributed by atoms with Crippen LogP contribution < -0.4 is 14.2 Å². The van der Waals surface area contributed by atoms with Crippen LogP contribution in [0.25, 0.3) is 0 Å². The van der Waals surface area contributed by atoms with Gasteiger partial charge >= 0.3 is 28.7 Å². The highest BCUT2D eigenvalue weighted by atomic mass is 35.5. The Labute approximate surface area is 268 Å². The average molecular weight is 728 g/mol. The molecule has 2 saturated heterocycles. The van der Waals surface area contributed by atoms with Crippen LogP contribution in [0.15, 0.2) is 30.3 Å². The Morgan fingerprint density at radius 1 is 0.978 bits per heavy atom. The smallest absolute Gasteiger partial charge is 0.492 e. The molecule has 2 aliphatic rings. The Balaban J connectivity index is 0.000000738. The molecular weight excluding hydrogens is 702 g/mol. The van der Waals surface area contributed by atoms with E-state index in [9.17, 15) is 43.9 Å². The summed E-state index contributed by atoms with van der Waals surface area (Å²) in [5.74, 6) is -5.11. The molecule has 10 nitrogen and oxygen atoms in total. The van der Waals surface area contributed by atoms with E-state index >= 15 is 0 Å². The number of carboxylic acids is 1. The monoisotopic (exact) mass is 727 g/mol. The van der Waals surface area contributed by atoms with Crippen LogP contribution in [0.3, 0.4) is 0 Å². The number of carbonyl (C=O) groups excluding carboxylic acids is 1. The van der Waals surface area contributed by atoms with E-state index in [4.69, 9.17) is 37.8 Å². The second-order valence-electron chi connectivity index (χ2n) is 10.1. The molecule has 2 aliphatic heterocycles. The first-order valence-electron chi connectivity index (χ1n) is 13.2. The fraction of sp³-hybridized carbons (Fsp3) is 0.462. The first-order valence-corrected chi connectivity index (χ1v) is 15.4. The van der Waals surface area contributed by atoms with Gasteiger partial charge in [-0.05, 0) is 68.1 Å². The van der Waals surface area contributed by atoms with Crippen LogP contribution in [0.1, 0.15) is 35.2 Å². The molecule has 0 bridgehead atoms. The molecular formula is C26H26Cl2F7N3O7S. The Bertz CT molecular complexity index is 1520. The lowest BCUT2D eigenvalue weighted by Gasteiger charge is -2.32. The minimum absolute atomic E-state index is 0.0230. The quantitative estimate of drug-likeness (QED) is 0.319. The summed E-state index contributed by atoms with van der Waals surface area (Å²) in [6.07, 6.45) is -7.79. The van der Waals surface area contributed by atoms with Crippen molar-refractivity contribution in [2.75, 3.05) is 32.8 Å². The van der Waals surface area contributed by atoms with E-state index in [2.05, 4.69) is 9.64 Å². The van der Waals surface area contributed by atoms with Crippen molar-refractivity contribution in [3.63, 3.8) is 0 Å². The standard InChI is InChI=1S/C24H25Cl2F4N3O5S.C2HF3O2/c25-17-8-16(9-18(10-17)38-24(28,29)30)13-32-6-2-15(3-7-32)14-37-22-12-21(27)19(11-20(22)26)23(34)31-39(35,36)33-4-1-5-33;3-2(4,5)1(6)7/h8-12,15H,1-7,13-14H2,(H,31,34);(H,6,7). The Morgan fingerprint density at radius 3 is 2.11 bits per heavy atom. The van der Waals surface area contributed by atoms with E-state index < -0.39 is 46.0 Å². The number of carboxylic acid groups (broad SMARTS) is 1. The fourth-order valence-corrected chi connectivity index (χ4v) is 5.94. The predicted octanol–water partition coefficient (Wildman–Crippen LogP) is 5.64. The lowest BCUT2D eigenvalue weighted by molar-refractivity contribution is -0.274. The van der Waals surface area contributed by atoms with E-state index in [1.54, 1.807) is 6.07 Å². The van der Waals surface area contributed by atoms with Gasteiger partial charge < -0.3 is 14.6 Å². The van der Waals surface area contributed by atoms with Crippen LogP contribution in [0.2, 0.25) is 10.0 Å². The van der Waals surface area contributed by atoms with Crippen LogP contribution in [-0.4, -0.2) is 79.9 Å². The van der Waals surface area contributed by atoms with Crippen molar-refractivity contribution >= 4 is 45.3 Å². The van der Waals surface area contributed by atoms with Crippen molar-refractivity contribution in [2.24, 2.45) is 5.92 Å². The van der Waals surface area contributed by atoms with Crippen molar-refractivity contribution in [1.29, 1.82) is 0 Å². The zero-order chi connectivity index (χ0) is 34.4. The topological polar surface area (TPSA) is 125 Å². The summed E-state index contributed by atoms with van der Waals surface area (Å²) < 4.78 is 121. The summed E-state index contributed by atoms with van der Waals surface area (Å²) in [6.45, 7) is 2.47. The van der Waals surface area contributed by atoms with Gasteiger partial charge in [-0.3, -0.25) is 9.69 Å². The number of halogens is 9. The van der Waals surface area contributed by atoms with Crippen molar-refractivity contribution in [2.45, 2.75) is 38.3 Å². The third-order valence-corrected chi connectivity index (χ3v) is 8.64. The van der Waals surface area contributed by atoms with Gasteiger partial charge in [0.25, 0.3) is 5.91 Å². The number of likely N-dealkylation sites (tertiary alicyclic amines) is 1. The number of carbonyl (C=O) groups is 2. The van der Waals surface area contributed by atoms with Crippen molar-refractivity contribution in [1.82, 2.24) is 13.9 Å². The van der Waals surface area contributed by atoms with Crippen LogP contribution in [0.4, 0.5) is 30.7 Å². The highest BCUT2D eigenvalue weighted by Crippen LogP contribution is 2.31. The number of piperidine rings is 1. The zero-order valence-electron chi connectivity index (χ0n) is 23.4. The van der Waals surface area contributed by atoms with Gasteiger partial charge in [-0.1, -0.05) is 23.2 Å². The Morgan fingerprint density at radius 2 is 1.59 bits per heavy atom. The van der Waals surface area contributed by atoms with Crippen LogP contribution in [0, 0.1) is 11.7 Å². The summed E-state index contributed by atoms with van der Waals surface area (Å²) in [7, 11) is -4.04. The molecule has 0 atom stereocenters. The molecule has 2 aromatic rings. The molecule has 46 heavy (non-hydrogen) atoms. The number of alkyl halides is 6. The highest BCUT2D eigenvalue weighted by Gasteiger charge is 2.38. The lowest BCUT2D eigenvalue weighted by Crippen LogP contribution is -2.49. The maximum absolute atomic E-state index is 14.6. The number of benzene rings is 2. The molecule has 20 heteroatoms. The van der Waals surface area contributed by atoms with E-state index in [0.717, 1.165) is 22.5 Å². The number of nitrogens with one attached hydrogen (secondary N) is 1. The SMILES string of the molecule is O=C(NS(=O)(=O)N1CCC1)c1cc(Cl)c(OCC2CCN(Cc3cc(Cl)cc(OC(F)(F)F)c3)CC2)cc1F.O=C(O)C(F)(F)F. The first-order chi connectivity index (χ1) is 21.2. The first kappa shape index (κ1) is 37.4. The minimum Gasteiger partial charge on any atom is -0.492 e. The molecule has 0 aromatic heterocycles. The summed E-state index contributed by atoms with van der Waals surface area (Å²) in [5, 5.41) is 7.22. The molecule has 2 N–H and O–H groups in total. The number of ether oxygens (including phenoxy) is 2. The maximum atomic E-state index is 14.6. The number of aliphatic carboxylic acids is 1. The van der Waals surface area contributed by atoms with Gasteiger partial charge in [0.1, 0.15) is 17.3 Å². The molecule has 2 heterocycles. The highest BCUT2D eigenvalue weighted by molar-refractivity contribution is 7.87. The fourth-order valence-electron chi connectivity index (χ4n) is 4.26. The summed E-state index contributed by atoms with van der Waals surface area (Å²) in [4.78, 5) is 23.3. The molecule has 0 unspecified atom stereocenters. The van der Waals surface area contributed by atoms with Gasteiger partial charge in [-0.25, -0.2) is 13.9 Å². The van der Waals surface area contributed by atoms with Gasteiger partial charge in [0.05, 0.1) is 17.2 Å². The third kappa shape index (κ3) is 11.3. The predicted molar refractivity (Wildman–Crippen MR) is 149 cm³/mol. The largest absolute Gasteiger partial charge is 0.573 e. The molecule has 256 valence electrons. The van der Waals surface area contributed by atoms with E-state index in [0.29, 0.717) is 44.5 Å². The average Bonchev–Trinajstić information content (AvgIpc) is 2.86. The number of rotatable bonds is 9. The number of nitrogens with zero attached hydrogens (tertiary/aromatic N) is 2. The van der Waals surface area contributed by atoms with Gasteiger partial charge in [-0.2, -0.15) is 25.9 Å². The van der Waals surface area contributed by atoms with Crippen molar-refractivity contribution in [3.8, 4) is 11.5 Å². The van der Waals surface area contributed by atoms with Gasteiger partial charge in [0, 0.05) is 30.7 Å². The van der Waals surface area contributed by atoms with Crippen molar-refractivity contribution < 1.29 is 63.3 Å². The van der Waals surface area contributed by atoms with E-state index in [1.807, 2.05) is 4.72 Å². The molecule has 1 amide bonds. The summed E-state index contributed by atoms with van der Waals surface area (Å²) >= 11 is 12.1. The normalized spacial score (nSPS) is 16.5. The van der Waals surface area contributed by atoms with Crippen LogP contribution >= 0.6 is 23.2 Å². The molecule has 4 rings (SSSR count). The molecule has 2 fully saturated rings. The lowest BCUT2D eigenvalue weighted by atomic mass is 9.97. The van der Waals surface area contributed by atoms with Gasteiger partial charge in [0.2, 0.25) is 0 Å². The molecule has 2 aromatic carbocycles.